The summed E-state index contributed by atoms with van der Waals surface area (Å²) in [5.74, 6) is -1.13. The maximum Gasteiger partial charge on any atom is 0.410 e. The number of methoxy groups -OCH3 is 1. The quantitative estimate of drug-likeness (QED) is 0.0893. The normalized spacial score (nSPS) is 25.1. The minimum Gasteiger partial charge on any atom is -0.490 e. The van der Waals surface area contributed by atoms with Gasteiger partial charge in [-0.1, -0.05) is 54.9 Å². The maximum absolute atomic E-state index is 14.1. The number of allylic oxidation sites excluding steroid dienone is 1. The number of oxime groups is 1. The van der Waals surface area contributed by atoms with Gasteiger partial charge in [-0.05, 0) is 99.8 Å². The van der Waals surface area contributed by atoms with E-state index in [1.165, 1.54) is 19.2 Å². The molecule has 54 heavy (non-hydrogen) atoms. The zero-order valence-corrected chi connectivity index (χ0v) is 32.2. The third kappa shape index (κ3) is 9.18. The molecule has 2 N–H and O–H groups in total. The van der Waals surface area contributed by atoms with E-state index in [1.54, 1.807) is 29.2 Å². The summed E-state index contributed by atoms with van der Waals surface area (Å²) >= 11 is 0. The van der Waals surface area contributed by atoms with Crippen molar-refractivity contribution in [3.8, 4) is 11.5 Å². The Hall–Kier alpha value is -4.19. The number of aliphatic hydroxyl groups is 2. The van der Waals surface area contributed by atoms with Gasteiger partial charge in [0.25, 0.3) is 0 Å². The molecule has 11 heteroatoms. The van der Waals surface area contributed by atoms with Gasteiger partial charge in [0.2, 0.25) is 5.79 Å². The van der Waals surface area contributed by atoms with Crippen molar-refractivity contribution in [1.82, 2.24) is 4.90 Å². The molecule has 0 bridgehead atoms. The minimum atomic E-state index is -1.46. The molecule has 1 saturated carbocycles. The first-order chi connectivity index (χ1) is 26.0. The van der Waals surface area contributed by atoms with Crippen LogP contribution in [-0.4, -0.2) is 77.9 Å². The lowest BCUT2D eigenvalue weighted by Gasteiger charge is -2.59. The highest BCUT2D eigenvalue weighted by Gasteiger charge is 2.65. The monoisotopic (exact) mass is 748 g/mol. The molecule has 1 fully saturated rings. The Balaban J connectivity index is 1.81. The van der Waals surface area contributed by atoms with Crippen LogP contribution >= 0.6 is 0 Å². The first-order valence-electron chi connectivity index (χ1n) is 19.1. The van der Waals surface area contributed by atoms with Crippen LogP contribution in [0.4, 0.5) is 9.18 Å². The number of unbranched alkanes of at least 4 members (excludes halogenated alkanes) is 2. The Bertz CT molecular complexity index is 1650. The molecule has 294 valence electrons. The van der Waals surface area contributed by atoms with Crippen LogP contribution in [0.3, 0.4) is 0 Å². The molecule has 2 aliphatic carbocycles. The topological polar surface area (TPSA) is 119 Å². The van der Waals surface area contributed by atoms with E-state index in [0.717, 1.165) is 36.8 Å². The number of ether oxygens (including phenoxy) is 4. The second kappa shape index (κ2) is 18.4. The lowest BCUT2D eigenvalue weighted by molar-refractivity contribution is -0.256. The summed E-state index contributed by atoms with van der Waals surface area (Å²) in [5.41, 5.74) is 2.62. The predicted molar refractivity (Wildman–Crippen MR) is 206 cm³/mol. The molecule has 1 heterocycles. The number of hydrogen-bond donors (Lipinski definition) is 2. The van der Waals surface area contributed by atoms with E-state index in [4.69, 9.17) is 28.9 Å². The summed E-state index contributed by atoms with van der Waals surface area (Å²) in [6, 6.07) is 11.0. The highest BCUT2D eigenvalue weighted by atomic mass is 19.1. The van der Waals surface area contributed by atoms with Crippen molar-refractivity contribution in [2.24, 2.45) is 22.9 Å². The third-order valence-electron chi connectivity index (χ3n) is 10.5. The van der Waals surface area contributed by atoms with E-state index < -0.39 is 29.4 Å². The van der Waals surface area contributed by atoms with Gasteiger partial charge in [-0.2, -0.15) is 0 Å². The van der Waals surface area contributed by atoms with Crippen LogP contribution in [0.2, 0.25) is 0 Å². The van der Waals surface area contributed by atoms with E-state index in [1.807, 2.05) is 39.0 Å². The van der Waals surface area contributed by atoms with Crippen LogP contribution < -0.4 is 9.47 Å². The highest BCUT2D eigenvalue weighted by molar-refractivity contribution is 6.03. The van der Waals surface area contributed by atoms with Crippen molar-refractivity contribution in [2.45, 2.75) is 95.6 Å². The highest BCUT2D eigenvalue weighted by Crippen LogP contribution is 2.62. The molecule has 5 rings (SSSR count). The summed E-state index contributed by atoms with van der Waals surface area (Å²) < 4.78 is 39.7. The van der Waals surface area contributed by atoms with Crippen LogP contribution in [0.1, 0.15) is 82.8 Å². The van der Waals surface area contributed by atoms with Crippen molar-refractivity contribution in [2.75, 3.05) is 33.5 Å². The first kappa shape index (κ1) is 41.0. The molecular formula is C43H57FN2O8. The number of rotatable bonds is 18. The molecule has 0 spiro atoms. The summed E-state index contributed by atoms with van der Waals surface area (Å²) in [4.78, 5) is 21.8. The second-order valence-corrected chi connectivity index (χ2v) is 15.3. The van der Waals surface area contributed by atoms with Gasteiger partial charge in [0.05, 0.1) is 25.3 Å². The van der Waals surface area contributed by atoms with Crippen molar-refractivity contribution in [3.63, 3.8) is 0 Å². The lowest BCUT2D eigenvalue weighted by atomic mass is 9.55. The number of carbonyl (C=O) groups is 1. The number of halogens is 1. The van der Waals surface area contributed by atoms with Crippen LogP contribution in [0.5, 0.6) is 11.5 Å². The van der Waals surface area contributed by atoms with E-state index in [-0.39, 0.29) is 56.4 Å². The minimum absolute atomic E-state index is 0.0558. The van der Waals surface area contributed by atoms with Gasteiger partial charge >= 0.3 is 6.09 Å². The van der Waals surface area contributed by atoms with Gasteiger partial charge < -0.3 is 34.0 Å². The van der Waals surface area contributed by atoms with E-state index in [9.17, 15) is 19.4 Å². The van der Waals surface area contributed by atoms with Gasteiger partial charge in [0.15, 0.2) is 0 Å². The summed E-state index contributed by atoms with van der Waals surface area (Å²) in [6.45, 7) is 14.3. The maximum atomic E-state index is 14.1. The number of nitrogens with zero attached hydrogens (tertiary/aromatic N) is 2. The molecular weight excluding hydrogens is 691 g/mol. The van der Waals surface area contributed by atoms with Crippen molar-refractivity contribution in [1.29, 1.82) is 0 Å². The Morgan fingerprint density at radius 3 is 2.39 bits per heavy atom. The SMILES string of the molecule is C=CCOc1ccc2c(c1)C1C(CCCCO)C(CCCCO)C=C3C(=NOC(C)(C)C)CC(N(Cc4ccc(F)cc4)C(=O)OC)C(OCC=C)(O2)C31. The first-order valence-corrected chi connectivity index (χ1v) is 19.1. The fourth-order valence-corrected chi connectivity index (χ4v) is 8.29. The molecule has 2 aromatic carbocycles. The van der Waals surface area contributed by atoms with E-state index in [0.29, 0.717) is 42.2 Å². The molecule has 0 radical (unpaired) electrons. The van der Waals surface area contributed by atoms with Crippen LogP contribution in [-0.2, 0) is 20.9 Å². The fraction of sp³-hybridized carbons (Fsp3) is 0.535. The standard InChI is InChI=1S/C43H57FN2O8/c1-7-23-51-32-19-20-37-35(26-32)39-33(14-10-12-22-48)30(13-9-11-21-47)25-34-36(45-54-42(3,4)5)27-38(43(53-37,40(34)39)52-24-8-2)46(41(49)50-6)28-29-15-17-31(44)18-16-29/h7-8,15-20,25-26,30,33,38-40,47-48H,1-2,9-14,21-24,27-28H2,3-6H3. The summed E-state index contributed by atoms with van der Waals surface area (Å²) in [7, 11) is 1.34. The second-order valence-electron chi connectivity index (χ2n) is 15.3. The van der Waals surface area contributed by atoms with Gasteiger partial charge in [0, 0.05) is 37.7 Å². The largest absolute Gasteiger partial charge is 0.490 e. The predicted octanol–water partition coefficient (Wildman–Crippen LogP) is 8.09. The Kier molecular flexibility index (Phi) is 14.0. The summed E-state index contributed by atoms with van der Waals surface area (Å²) in [5, 5.41) is 24.5. The van der Waals surface area contributed by atoms with E-state index >= 15 is 0 Å². The number of benzene rings is 2. The summed E-state index contributed by atoms with van der Waals surface area (Å²) in [6.07, 6.45) is 9.84. The van der Waals surface area contributed by atoms with Crippen molar-refractivity contribution in [3.05, 3.63) is 96.4 Å². The molecule has 0 aromatic heterocycles. The molecule has 3 aliphatic rings. The average molecular weight is 749 g/mol. The molecule has 6 unspecified atom stereocenters. The van der Waals surface area contributed by atoms with Crippen LogP contribution in [0, 0.1) is 23.6 Å². The lowest BCUT2D eigenvalue weighted by Crippen LogP contribution is -2.70. The molecule has 6 atom stereocenters. The number of hydrogen-bond acceptors (Lipinski definition) is 9. The number of amides is 1. The van der Waals surface area contributed by atoms with Gasteiger partial charge in [-0.25, -0.2) is 9.18 Å². The zero-order chi connectivity index (χ0) is 38.9. The fourth-order valence-electron chi connectivity index (χ4n) is 8.29. The van der Waals surface area contributed by atoms with Crippen LogP contribution in [0.25, 0.3) is 0 Å². The molecule has 1 aliphatic heterocycles. The number of carbonyl (C=O) groups excluding carboxylic acids is 1. The molecule has 2 aromatic rings. The molecule has 10 nitrogen and oxygen atoms in total. The Labute approximate surface area is 319 Å². The Morgan fingerprint density at radius 1 is 1.04 bits per heavy atom. The molecule has 0 saturated heterocycles. The van der Waals surface area contributed by atoms with E-state index in [2.05, 4.69) is 19.2 Å². The van der Waals surface area contributed by atoms with Gasteiger partial charge in [-0.3, -0.25) is 4.90 Å². The molecule has 1 amide bonds. The van der Waals surface area contributed by atoms with Gasteiger partial charge in [-0.15, -0.1) is 6.58 Å². The number of aliphatic hydroxyl groups excluding tert-OH is 2. The smallest absolute Gasteiger partial charge is 0.410 e. The average Bonchev–Trinajstić information content (AvgIpc) is 3.16. The zero-order valence-electron chi connectivity index (χ0n) is 32.2. The third-order valence-corrected chi connectivity index (χ3v) is 10.5. The Morgan fingerprint density at radius 2 is 1.74 bits per heavy atom. The van der Waals surface area contributed by atoms with Crippen LogP contribution in [0.15, 0.2) is 84.6 Å². The van der Waals surface area contributed by atoms with Gasteiger partial charge in [0.1, 0.15) is 35.6 Å². The van der Waals surface area contributed by atoms with Crippen molar-refractivity contribution >= 4 is 11.8 Å². The number of fused-ring (bicyclic) bond motifs is 2. The van der Waals surface area contributed by atoms with Crippen molar-refractivity contribution < 1.29 is 43.2 Å².